The number of rotatable bonds is 2. The van der Waals surface area contributed by atoms with E-state index in [0.29, 0.717) is 16.7 Å². The fourth-order valence-electron chi connectivity index (χ4n) is 2.64. The molecule has 0 atom stereocenters. The summed E-state index contributed by atoms with van der Waals surface area (Å²) in [6.07, 6.45) is 0. The van der Waals surface area contributed by atoms with Gasteiger partial charge in [-0.3, -0.25) is 4.79 Å². The van der Waals surface area contributed by atoms with Gasteiger partial charge in [0.05, 0.1) is 11.2 Å². The third-order valence-corrected chi connectivity index (χ3v) is 4.69. The van der Waals surface area contributed by atoms with Gasteiger partial charge in [-0.2, -0.15) is 0 Å². The predicted molar refractivity (Wildman–Crippen MR) is 95.3 cm³/mol. The minimum atomic E-state index is -0.960. The lowest BCUT2D eigenvalue weighted by molar-refractivity contribution is 0.100. The van der Waals surface area contributed by atoms with Crippen LogP contribution in [-0.4, -0.2) is 18.0 Å². The Bertz CT molecular complexity index is 748. The van der Waals surface area contributed by atoms with Crippen LogP contribution in [0.3, 0.4) is 0 Å². The van der Waals surface area contributed by atoms with Crippen LogP contribution in [-0.2, 0) is 10.3 Å². The van der Waals surface area contributed by atoms with Gasteiger partial charge in [0.15, 0.2) is 0 Å². The van der Waals surface area contributed by atoms with Crippen molar-refractivity contribution in [1.29, 1.82) is 0 Å². The lowest BCUT2D eigenvalue weighted by Crippen LogP contribution is -2.29. The van der Waals surface area contributed by atoms with Crippen molar-refractivity contribution in [3.05, 3.63) is 57.2 Å². The normalized spacial score (nSPS) is 15.5. The minimum absolute atomic E-state index is 0.169. The molecule has 0 radical (unpaired) electrons. The Labute approximate surface area is 143 Å². The van der Waals surface area contributed by atoms with Crippen LogP contribution in [0.25, 0.3) is 0 Å². The van der Waals surface area contributed by atoms with Crippen molar-refractivity contribution < 1.29 is 14.5 Å². The zero-order chi connectivity index (χ0) is 15.9. The summed E-state index contributed by atoms with van der Waals surface area (Å²) in [7, 11) is -0.960. The molecule has 6 heteroatoms. The first-order valence-corrected chi connectivity index (χ1v) is 8.02. The number of carbonyl (C=O) groups excluding carboxylic acids is 1. The molecule has 0 aliphatic carbocycles. The molecule has 0 unspecified atom stereocenters. The van der Waals surface area contributed by atoms with E-state index in [4.69, 9.17) is 4.65 Å². The van der Waals surface area contributed by atoms with Crippen molar-refractivity contribution in [3.63, 3.8) is 0 Å². The van der Waals surface area contributed by atoms with E-state index in [1.54, 1.807) is 12.1 Å². The molecule has 2 N–H and O–H groups in total. The van der Waals surface area contributed by atoms with E-state index in [9.17, 15) is 9.82 Å². The zero-order valence-corrected chi connectivity index (χ0v) is 14.4. The fourth-order valence-corrected chi connectivity index (χ4v) is 3.28. The van der Waals surface area contributed by atoms with Crippen LogP contribution in [0.5, 0.6) is 0 Å². The average molecular weight is 407 g/mol. The molecule has 1 aliphatic rings. The molecule has 0 bridgehead atoms. The van der Waals surface area contributed by atoms with Crippen LogP contribution in [0.15, 0.2) is 42.5 Å². The quantitative estimate of drug-likeness (QED) is 0.595. The third-order valence-electron chi connectivity index (χ3n) is 3.75. The molecule has 2 aromatic rings. The van der Waals surface area contributed by atoms with E-state index in [1.807, 2.05) is 44.2 Å². The number of fused-ring (bicyclic) bond motifs is 1. The number of hydrogen-bond acceptors (Lipinski definition) is 3. The molecule has 4 nitrogen and oxygen atoms in total. The van der Waals surface area contributed by atoms with Crippen LogP contribution in [0, 0.1) is 3.57 Å². The van der Waals surface area contributed by atoms with Gasteiger partial charge in [0.25, 0.3) is 5.91 Å². The largest absolute Gasteiger partial charge is 0.492 e. The number of halogens is 1. The minimum Gasteiger partial charge on any atom is -0.423 e. The Morgan fingerprint density at radius 1 is 1.27 bits per heavy atom. The SMILES string of the molecule is CC1(C)OB(O)c2cc(NC(=O)c3ccccc3I)ccc21. The molecular weight excluding hydrogens is 392 g/mol. The Hall–Kier alpha value is -1.38. The standard InChI is InChI=1S/C16H15BINO3/c1-16(2)12-8-7-10(9-13(12)17(21)22-16)19-15(20)11-5-3-4-6-14(11)18/h3-9,21H,1-2H3,(H,19,20). The van der Waals surface area contributed by atoms with Crippen molar-refractivity contribution in [2.24, 2.45) is 0 Å². The van der Waals surface area contributed by atoms with Crippen LogP contribution >= 0.6 is 22.6 Å². The average Bonchev–Trinajstić information content (AvgIpc) is 2.69. The van der Waals surface area contributed by atoms with Crippen molar-refractivity contribution in [3.8, 4) is 0 Å². The number of amides is 1. The molecule has 0 fully saturated rings. The number of benzene rings is 2. The molecule has 3 rings (SSSR count). The van der Waals surface area contributed by atoms with E-state index < -0.39 is 12.7 Å². The van der Waals surface area contributed by atoms with Crippen LogP contribution in [0.2, 0.25) is 0 Å². The molecule has 1 heterocycles. The van der Waals surface area contributed by atoms with Crippen molar-refractivity contribution >= 4 is 46.8 Å². The predicted octanol–water partition coefficient (Wildman–Crippen LogP) is 2.50. The number of nitrogens with one attached hydrogen (secondary N) is 1. The summed E-state index contributed by atoms with van der Waals surface area (Å²) in [6.45, 7) is 3.82. The van der Waals surface area contributed by atoms with Crippen LogP contribution in [0.1, 0.15) is 29.8 Å². The topological polar surface area (TPSA) is 58.6 Å². The van der Waals surface area contributed by atoms with Gasteiger partial charge in [-0.05, 0) is 71.7 Å². The molecule has 0 saturated heterocycles. The Kier molecular flexibility index (Phi) is 4.01. The second-order valence-electron chi connectivity index (χ2n) is 5.72. The van der Waals surface area contributed by atoms with Crippen molar-refractivity contribution in [2.75, 3.05) is 5.32 Å². The molecule has 1 aliphatic heterocycles. The maximum atomic E-state index is 12.3. The summed E-state index contributed by atoms with van der Waals surface area (Å²) in [4.78, 5) is 12.3. The summed E-state index contributed by atoms with van der Waals surface area (Å²) < 4.78 is 6.42. The lowest BCUT2D eigenvalue weighted by atomic mass is 9.78. The van der Waals surface area contributed by atoms with Gasteiger partial charge >= 0.3 is 7.12 Å². The first-order chi connectivity index (χ1) is 10.4. The summed E-state index contributed by atoms with van der Waals surface area (Å²) in [5.74, 6) is -0.169. The molecule has 1 amide bonds. The Morgan fingerprint density at radius 2 is 2.00 bits per heavy atom. The number of anilines is 1. The second kappa shape index (κ2) is 5.68. The summed E-state index contributed by atoms with van der Waals surface area (Å²) in [5.41, 5.74) is 2.38. The second-order valence-corrected chi connectivity index (χ2v) is 6.88. The Morgan fingerprint density at radius 3 is 2.73 bits per heavy atom. The first-order valence-electron chi connectivity index (χ1n) is 6.95. The van der Waals surface area contributed by atoms with Crippen molar-refractivity contribution in [1.82, 2.24) is 0 Å². The highest BCUT2D eigenvalue weighted by atomic mass is 127. The molecule has 2 aromatic carbocycles. The maximum Gasteiger partial charge on any atom is 0.492 e. The lowest BCUT2D eigenvalue weighted by Gasteiger charge is -2.19. The van der Waals surface area contributed by atoms with Gasteiger partial charge in [-0.15, -0.1) is 0 Å². The van der Waals surface area contributed by atoms with Gasteiger partial charge in [0.2, 0.25) is 0 Å². The first kappa shape index (κ1) is 15.5. The van der Waals surface area contributed by atoms with Crippen LogP contribution in [0.4, 0.5) is 5.69 Å². The summed E-state index contributed by atoms with van der Waals surface area (Å²) in [5, 5.41) is 12.9. The molecule has 112 valence electrons. The van der Waals surface area contributed by atoms with Gasteiger partial charge in [-0.1, -0.05) is 18.2 Å². The molecule has 0 aromatic heterocycles. The van der Waals surface area contributed by atoms with E-state index >= 15 is 0 Å². The number of carbonyl (C=O) groups is 1. The molecular formula is C16H15BINO3. The highest BCUT2D eigenvalue weighted by molar-refractivity contribution is 14.1. The van der Waals surface area contributed by atoms with E-state index in [-0.39, 0.29) is 5.91 Å². The summed E-state index contributed by atoms with van der Waals surface area (Å²) in [6, 6.07) is 12.9. The van der Waals surface area contributed by atoms with Gasteiger partial charge in [0.1, 0.15) is 0 Å². The van der Waals surface area contributed by atoms with E-state index in [2.05, 4.69) is 27.9 Å². The highest BCUT2D eigenvalue weighted by Gasteiger charge is 2.40. The van der Waals surface area contributed by atoms with Crippen LogP contribution < -0.4 is 10.8 Å². The van der Waals surface area contributed by atoms with Gasteiger partial charge in [-0.25, -0.2) is 0 Å². The fraction of sp³-hybridized carbons (Fsp3) is 0.188. The van der Waals surface area contributed by atoms with Crippen molar-refractivity contribution in [2.45, 2.75) is 19.4 Å². The van der Waals surface area contributed by atoms with Gasteiger partial charge < -0.3 is 15.0 Å². The van der Waals surface area contributed by atoms with Gasteiger partial charge in [0, 0.05) is 9.26 Å². The van der Waals surface area contributed by atoms with E-state index in [1.165, 1.54) is 0 Å². The van der Waals surface area contributed by atoms with E-state index in [0.717, 1.165) is 9.13 Å². The zero-order valence-electron chi connectivity index (χ0n) is 12.3. The monoisotopic (exact) mass is 407 g/mol. The maximum absolute atomic E-state index is 12.3. The molecule has 0 saturated carbocycles. The number of hydrogen-bond donors (Lipinski definition) is 2. The highest BCUT2D eigenvalue weighted by Crippen LogP contribution is 2.30. The summed E-state index contributed by atoms with van der Waals surface area (Å²) >= 11 is 2.13. The smallest absolute Gasteiger partial charge is 0.423 e. The third kappa shape index (κ3) is 2.78. The Balaban J connectivity index is 1.88. The molecule has 0 spiro atoms. The molecule has 22 heavy (non-hydrogen) atoms.